The van der Waals surface area contributed by atoms with Crippen LogP contribution in [0.25, 0.3) is 0 Å². The van der Waals surface area contributed by atoms with Crippen LogP contribution in [0.1, 0.15) is 59.8 Å². The van der Waals surface area contributed by atoms with Crippen LogP contribution < -0.4 is 5.32 Å². The number of fused-ring (bicyclic) bond motifs is 1. The van der Waals surface area contributed by atoms with Crippen molar-refractivity contribution < 1.29 is 15.0 Å². The highest BCUT2D eigenvalue weighted by molar-refractivity contribution is 6.05. The summed E-state index contributed by atoms with van der Waals surface area (Å²) >= 11 is 0. The first-order valence-corrected chi connectivity index (χ1v) is 9.18. The van der Waals surface area contributed by atoms with Crippen molar-refractivity contribution in [3.05, 3.63) is 29.3 Å². The number of phenols is 2. The van der Waals surface area contributed by atoms with Crippen molar-refractivity contribution in [2.45, 2.75) is 59.8 Å². The second-order valence-corrected chi connectivity index (χ2v) is 8.70. The molecule has 4 nitrogen and oxygen atoms in total. The molecule has 1 aromatic carbocycles. The summed E-state index contributed by atoms with van der Waals surface area (Å²) < 4.78 is 0. The fourth-order valence-corrected chi connectivity index (χ4v) is 5.42. The van der Waals surface area contributed by atoms with Gasteiger partial charge in [0.2, 0.25) is 0 Å². The lowest BCUT2D eigenvalue weighted by Crippen LogP contribution is -2.47. The van der Waals surface area contributed by atoms with Crippen molar-refractivity contribution in [3.63, 3.8) is 0 Å². The van der Waals surface area contributed by atoms with Crippen molar-refractivity contribution in [2.24, 2.45) is 16.7 Å². The summed E-state index contributed by atoms with van der Waals surface area (Å²) in [5.41, 5.74) is 2.61. The quantitative estimate of drug-likeness (QED) is 0.709. The van der Waals surface area contributed by atoms with Crippen LogP contribution in [0, 0.1) is 16.7 Å². The summed E-state index contributed by atoms with van der Waals surface area (Å²) in [6, 6.07) is 4.17. The van der Waals surface area contributed by atoms with Gasteiger partial charge in [0.15, 0.2) is 0 Å². The molecule has 2 atom stereocenters. The van der Waals surface area contributed by atoms with Gasteiger partial charge in [0.1, 0.15) is 11.5 Å². The van der Waals surface area contributed by atoms with E-state index in [0.29, 0.717) is 11.6 Å². The molecule has 0 bridgehead atoms. The Morgan fingerprint density at radius 1 is 1.12 bits per heavy atom. The molecule has 2 unspecified atom stereocenters. The third-order valence-electron chi connectivity index (χ3n) is 6.42. The zero-order valence-electron chi connectivity index (χ0n) is 15.6. The first-order valence-electron chi connectivity index (χ1n) is 9.18. The van der Waals surface area contributed by atoms with E-state index in [1.165, 1.54) is 30.2 Å². The van der Waals surface area contributed by atoms with Crippen LogP contribution in [0.2, 0.25) is 0 Å². The monoisotopic (exact) mass is 343 g/mol. The maximum absolute atomic E-state index is 13.1. The van der Waals surface area contributed by atoms with Crippen LogP contribution in [-0.2, 0) is 4.79 Å². The number of nitrogens with one attached hydrogen (secondary N) is 1. The average Bonchev–Trinajstić information content (AvgIpc) is 2.44. The smallest absolute Gasteiger partial charge is 0.252 e. The molecule has 136 valence electrons. The maximum Gasteiger partial charge on any atom is 0.252 e. The fraction of sp³-hybridized carbons (Fsp3) is 0.571. The Kier molecular flexibility index (Phi) is 4.34. The normalized spacial score (nSPS) is 28.4. The standard InChI is InChI=1S/C21H29NO3/c1-13-6-7-17-20(2,3)8-5-9-21(17,4)18(13)19(25)22-14-10-15(23)12-16(24)11-14/h10-12,17,23-24H,5-9H2,1-4H3,(H,22,25). The Hall–Kier alpha value is -1.97. The third-order valence-corrected chi connectivity index (χ3v) is 6.42. The molecule has 3 N–H and O–H groups in total. The van der Waals surface area contributed by atoms with Crippen LogP contribution in [0.4, 0.5) is 5.69 Å². The Morgan fingerprint density at radius 3 is 2.40 bits per heavy atom. The lowest BCUT2D eigenvalue weighted by molar-refractivity contribution is -0.115. The van der Waals surface area contributed by atoms with Gasteiger partial charge in [-0.1, -0.05) is 32.8 Å². The van der Waals surface area contributed by atoms with Gasteiger partial charge in [-0.2, -0.15) is 0 Å². The van der Waals surface area contributed by atoms with Gasteiger partial charge in [0, 0.05) is 34.9 Å². The maximum atomic E-state index is 13.1. The summed E-state index contributed by atoms with van der Waals surface area (Å²) in [5.74, 6) is 0.267. The van der Waals surface area contributed by atoms with Crippen LogP contribution in [-0.4, -0.2) is 16.1 Å². The number of benzene rings is 1. The molecule has 1 fully saturated rings. The number of rotatable bonds is 2. The molecule has 0 saturated heterocycles. The van der Waals surface area contributed by atoms with Crippen molar-refractivity contribution in [3.8, 4) is 11.5 Å². The summed E-state index contributed by atoms with van der Waals surface area (Å²) in [7, 11) is 0. The van der Waals surface area contributed by atoms with E-state index < -0.39 is 0 Å². The second-order valence-electron chi connectivity index (χ2n) is 8.70. The highest BCUT2D eigenvalue weighted by Gasteiger charge is 2.51. The van der Waals surface area contributed by atoms with Crippen molar-refractivity contribution in [2.75, 3.05) is 5.32 Å². The van der Waals surface area contributed by atoms with Crippen LogP contribution in [0.15, 0.2) is 29.3 Å². The van der Waals surface area contributed by atoms with E-state index in [0.717, 1.165) is 31.3 Å². The van der Waals surface area contributed by atoms with Gasteiger partial charge in [-0.3, -0.25) is 4.79 Å². The van der Waals surface area contributed by atoms with E-state index in [4.69, 9.17) is 0 Å². The van der Waals surface area contributed by atoms with E-state index in [-0.39, 0.29) is 28.2 Å². The number of anilines is 1. The molecule has 4 heteroatoms. The predicted octanol–water partition coefficient (Wildman–Crippen LogP) is 4.98. The third kappa shape index (κ3) is 3.14. The molecule has 0 aromatic heterocycles. The fourth-order valence-electron chi connectivity index (χ4n) is 5.42. The number of allylic oxidation sites excluding steroid dienone is 1. The van der Waals surface area contributed by atoms with Crippen LogP contribution in [0.5, 0.6) is 11.5 Å². The van der Waals surface area contributed by atoms with Gasteiger partial charge in [0.05, 0.1) is 0 Å². The molecule has 0 radical (unpaired) electrons. The molecule has 0 aliphatic heterocycles. The number of carbonyl (C=O) groups is 1. The van der Waals surface area contributed by atoms with Crippen LogP contribution in [0.3, 0.4) is 0 Å². The summed E-state index contributed by atoms with van der Waals surface area (Å²) in [5, 5.41) is 22.2. The predicted molar refractivity (Wildman–Crippen MR) is 99.6 cm³/mol. The first kappa shape index (κ1) is 17.8. The zero-order valence-corrected chi connectivity index (χ0v) is 15.6. The molecule has 25 heavy (non-hydrogen) atoms. The molecule has 2 aliphatic carbocycles. The van der Waals surface area contributed by atoms with E-state index in [1.807, 2.05) is 0 Å². The van der Waals surface area contributed by atoms with Crippen LogP contribution >= 0.6 is 0 Å². The van der Waals surface area contributed by atoms with E-state index >= 15 is 0 Å². The second kappa shape index (κ2) is 6.08. The highest BCUT2D eigenvalue weighted by Crippen LogP contribution is 2.59. The van der Waals surface area contributed by atoms with Crippen molar-refractivity contribution >= 4 is 11.6 Å². The van der Waals surface area contributed by atoms with E-state index in [1.54, 1.807) is 0 Å². The molecule has 1 amide bonds. The molecule has 0 spiro atoms. The van der Waals surface area contributed by atoms with Gasteiger partial charge >= 0.3 is 0 Å². The van der Waals surface area contributed by atoms with Crippen molar-refractivity contribution in [1.29, 1.82) is 0 Å². The number of hydrogen-bond donors (Lipinski definition) is 3. The van der Waals surface area contributed by atoms with Gasteiger partial charge in [-0.15, -0.1) is 0 Å². The zero-order chi connectivity index (χ0) is 18.4. The lowest BCUT2D eigenvalue weighted by atomic mass is 9.50. The Bertz CT molecular complexity index is 714. The van der Waals surface area contributed by atoms with E-state index in [2.05, 4.69) is 33.0 Å². The largest absolute Gasteiger partial charge is 0.508 e. The molecule has 0 heterocycles. The molecule has 3 rings (SSSR count). The minimum Gasteiger partial charge on any atom is -0.508 e. The minimum absolute atomic E-state index is 0.0625. The van der Waals surface area contributed by atoms with Crippen molar-refractivity contribution in [1.82, 2.24) is 0 Å². The minimum atomic E-state index is -0.118. The number of hydrogen-bond acceptors (Lipinski definition) is 3. The molecule has 1 aromatic rings. The number of phenolic OH excluding ortho intramolecular Hbond substituents is 2. The Labute approximate surface area is 150 Å². The van der Waals surface area contributed by atoms with Gasteiger partial charge < -0.3 is 15.5 Å². The number of aromatic hydroxyl groups is 2. The SMILES string of the molecule is CC1=C(C(=O)Nc2cc(O)cc(O)c2)C2(C)CCCC(C)(C)C2CC1. The molecular formula is C21H29NO3. The first-order chi connectivity index (χ1) is 11.6. The lowest BCUT2D eigenvalue weighted by Gasteiger charge is -2.54. The number of amides is 1. The summed E-state index contributed by atoms with van der Waals surface area (Å²) in [6.45, 7) is 8.98. The highest BCUT2D eigenvalue weighted by atomic mass is 16.3. The Morgan fingerprint density at radius 2 is 1.76 bits per heavy atom. The number of carbonyl (C=O) groups excluding carboxylic acids is 1. The van der Waals surface area contributed by atoms with Gasteiger partial charge in [-0.05, 0) is 43.9 Å². The molecular weight excluding hydrogens is 314 g/mol. The van der Waals surface area contributed by atoms with Gasteiger partial charge in [-0.25, -0.2) is 0 Å². The van der Waals surface area contributed by atoms with Gasteiger partial charge in [0.25, 0.3) is 5.91 Å². The topological polar surface area (TPSA) is 69.6 Å². The Balaban J connectivity index is 1.94. The molecule has 2 aliphatic rings. The molecule has 1 saturated carbocycles. The summed E-state index contributed by atoms with van der Waals surface area (Å²) in [6.07, 6.45) is 5.47. The summed E-state index contributed by atoms with van der Waals surface area (Å²) in [4.78, 5) is 13.1. The average molecular weight is 343 g/mol. The van der Waals surface area contributed by atoms with E-state index in [9.17, 15) is 15.0 Å².